The zero-order chi connectivity index (χ0) is 16.7. The van der Waals surface area contributed by atoms with Gasteiger partial charge in [-0.15, -0.1) is 0 Å². The molecule has 2 aromatic rings. The van der Waals surface area contributed by atoms with Crippen molar-refractivity contribution in [3.8, 4) is 5.75 Å². The Morgan fingerprint density at radius 1 is 1.30 bits per heavy atom. The van der Waals surface area contributed by atoms with Crippen LogP contribution in [0, 0.1) is 6.92 Å². The highest BCUT2D eigenvalue weighted by Gasteiger charge is 2.03. The Balaban J connectivity index is 1.89. The Bertz CT molecular complexity index is 717. The Kier molecular flexibility index (Phi) is 6.00. The van der Waals surface area contributed by atoms with E-state index in [-0.39, 0.29) is 12.5 Å². The fourth-order valence-electron chi connectivity index (χ4n) is 1.97. The Hall–Kier alpha value is -2.53. The molecule has 0 spiro atoms. The topological polar surface area (TPSA) is 62.7 Å². The molecule has 0 aliphatic carbocycles. The molecule has 0 aliphatic heterocycles. The standard InChI is InChI=1S/C17H18ClN3O2/c1-12-5-3-4-6-15(12)19-11-17(22)21-20-10-13-9-14(18)7-8-16(13)23-2/h3-10,19H,11H2,1-2H3,(H,21,22). The summed E-state index contributed by atoms with van der Waals surface area (Å²) in [5.74, 6) is 0.385. The van der Waals surface area contributed by atoms with Gasteiger partial charge >= 0.3 is 0 Å². The minimum absolute atomic E-state index is 0.134. The van der Waals surface area contributed by atoms with E-state index < -0.39 is 0 Å². The SMILES string of the molecule is COc1ccc(Cl)cc1C=NNC(=O)CNc1ccccc1C. The van der Waals surface area contributed by atoms with Gasteiger partial charge in [0, 0.05) is 16.3 Å². The molecule has 2 aromatic carbocycles. The number of benzene rings is 2. The zero-order valence-corrected chi connectivity index (χ0v) is 13.7. The second-order valence-electron chi connectivity index (χ2n) is 4.85. The van der Waals surface area contributed by atoms with Crippen molar-refractivity contribution in [1.82, 2.24) is 5.43 Å². The van der Waals surface area contributed by atoms with Gasteiger partial charge in [0.25, 0.3) is 5.91 Å². The second-order valence-corrected chi connectivity index (χ2v) is 5.28. The Labute approximate surface area is 140 Å². The number of hydrogen-bond donors (Lipinski definition) is 2. The number of carbonyl (C=O) groups is 1. The molecule has 2 rings (SSSR count). The summed E-state index contributed by atoms with van der Waals surface area (Å²) in [6.07, 6.45) is 1.50. The fraction of sp³-hybridized carbons (Fsp3) is 0.176. The molecule has 0 aliphatic rings. The van der Waals surface area contributed by atoms with Crippen molar-refractivity contribution in [2.75, 3.05) is 19.0 Å². The van der Waals surface area contributed by atoms with Crippen LogP contribution >= 0.6 is 11.6 Å². The number of hydrazone groups is 1. The third kappa shape index (κ3) is 5.00. The summed E-state index contributed by atoms with van der Waals surface area (Å²) in [6, 6.07) is 12.9. The molecule has 6 heteroatoms. The van der Waals surface area contributed by atoms with E-state index in [4.69, 9.17) is 16.3 Å². The van der Waals surface area contributed by atoms with E-state index in [1.54, 1.807) is 25.3 Å². The summed E-state index contributed by atoms with van der Waals surface area (Å²) in [4.78, 5) is 11.8. The second kappa shape index (κ2) is 8.19. The number of halogens is 1. The largest absolute Gasteiger partial charge is 0.496 e. The van der Waals surface area contributed by atoms with Crippen LogP contribution in [0.4, 0.5) is 5.69 Å². The summed E-state index contributed by atoms with van der Waals surface area (Å²) in [6.45, 7) is 2.11. The van der Waals surface area contributed by atoms with Crippen LogP contribution in [0.3, 0.4) is 0 Å². The number of hydrogen-bond acceptors (Lipinski definition) is 4. The zero-order valence-electron chi connectivity index (χ0n) is 13.0. The maximum Gasteiger partial charge on any atom is 0.259 e. The number of carbonyl (C=O) groups excluding carboxylic acids is 1. The van der Waals surface area contributed by atoms with Crippen LogP contribution in [0.2, 0.25) is 5.02 Å². The predicted octanol–water partition coefficient (Wildman–Crippen LogP) is 3.22. The minimum atomic E-state index is -0.245. The van der Waals surface area contributed by atoms with Gasteiger partial charge in [-0.2, -0.15) is 5.10 Å². The average molecular weight is 332 g/mol. The minimum Gasteiger partial charge on any atom is -0.496 e. The van der Waals surface area contributed by atoms with E-state index in [1.165, 1.54) is 6.21 Å². The first kappa shape index (κ1) is 16.8. The highest BCUT2D eigenvalue weighted by atomic mass is 35.5. The molecule has 0 atom stereocenters. The number of aryl methyl sites for hydroxylation is 1. The van der Waals surface area contributed by atoms with Crippen molar-refractivity contribution in [3.05, 3.63) is 58.6 Å². The summed E-state index contributed by atoms with van der Waals surface area (Å²) in [5, 5.41) is 7.55. The van der Waals surface area contributed by atoms with Gasteiger partial charge in [0.2, 0.25) is 0 Å². The normalized spacial score (nSPS) is 10.6. The van der Waals surface area contributed by atoms with Crippen LogP contribution < -0.4 is 15.5 Å². The molecule has 5 nitrogen and oxygen atoms in total. The first-order chi connectivity index (χ1) is 11.1. The van der Waals surface area contributed by atoms with Crippen molar-refractivity contribution in [2.45, 2.75) is 6.92 Å². The highest BCUT2D eigenvalue weighted by Crippen LogP contribution is 2.20. The number of rotatable bonds is 6. The van der Waals surface area contributed by atoms with Crippen LogP contribution in [-0.4, -0.2) is 25.8 Å². The van der Waals surface area contributed by atoms with Gasteiger partial charge in [0.1, 0.15) is 5.75 Å². The Morgan fingerprint density at radius 3 is 2.83 bits per heavy atom. The molecular weight excluding hydrogens is 314 g/mol. The molecule has 0 radical (unpaired) electrons. The summed E-state index contributed by atoms with van der Waals surface area (Å²) < 4.78 is 5.20. The molecule has 2 N–H and O–H groups in total. The van der Waals surface area contributed by atoms with E-state index in [0.717, 1.165) is 11.3 Å². The molecule has 0 aromatic heterocycles. The lowest BCUT2D eigenvalue weighted by Crippen LogP contribution is -2.26. The number of nitrogens with zero attached hydrogens (tertiary/aromatic N) is 1. The van der Waals surface area contributed by atoms with Gasteiger partial charge in [0.05, 0.1) is 19.9 Å². The first-order valence-corrected chi connectivity index (χ1v) is 7.43. The van der Waals surface area contributed by atoms with E-state index in [1.807, 2.05) is 31.2 Å². The van der Waals surface area contributed by atoms with E-state index >= 15 is 0 Å². The lowest BCUT2D eigenvalue weighted by atomic mass is 10.2. The van der Waals surface area contributed by atoms with E-state index in [2.05, 4.69) is 15.8 Å². The summed E-state index contributed by atoms with van der Waals surface area (Å²) in [7, 11) is 1.56. The molecule has 0 saturated carbocycles. The van der Waals surface area contributed by atoms with Gasteiger partial charge in [0.15, 0.2) is 0 Å². The van der Waals surface area contributed by atoms with E-state index in [9.17, 15) is 4.79 Å². The molecule has 1 amide bonds. The Morgan fingerprint density at radius 2 is 2.09 bits per heavy atom. The monoisotopic (exact) mass is 331 g/mol. The summed E-state index contributed by atoms with van der Waals surface area (Å²) >= 11 is 5.93. The number of para-hydroxylation sites is 1. The highest BCUT2D eigenvalue weighted by molar-refractivity contribution is 6.30. The number of nitrogens with one attached hydrogen (secondary N) is 2. The molecule has 120 valence electrons. The maximum absolute atomic E-state index is 11.8. The quantitative estimate of drug-likeness (QED) is 0.631. The van der Waals surface area contributed by atoms with Gasteiger partial charge < -0.3 is 10.1 Å². The number of methoxy groups -OCH3 is 1. The number of amides is 1. The molecule has 0 bridgehead atoms. The fourth-order valence-corrected chi connectivity index (χ4v) is 2.15. The third-order valence-corrected chi connectivity index (χ3v) is 3.40. The summed E-state index contributed by atoms with van der Waals surface area (Å²) in [5.41, 5.74) is 5.14. The molecule has 0 heterocycles. The van der Waals surface area contributed by atoms with Crippen molar-refractivity contribution >= 4 is 29.4 Å². The third-order valence-electron chi connectivity index (χ3n) is 3.17. The smallest absolute Gasteiger partial charge is 0.259 e. The van der Waals surface area contributed by atoms with Crippen molar-refractivity contribution in [1.29, 1.82) is 0 Å². The van der Waals surface area contributed by atoms with Crippen molar-refractivity contribution < 1.29 is 9.53 Å². The van der Waals surface area contributed by atoms with Gasteiger partial charge in [-0.3, -0.25) is 4.79 Å². The maximum atomic E-state index is 11.8. The van der Waals surface area contributed by atoms with Crippen LogP contribution in [0.1, 0.15) is 11.1 Å². The predicted molar refractivity (Wildman–Crippen MR) is 93.4 cm³/mol. The van der Waals surface area contributed by atoms with Gasteiger partial charge in [-0.1, -0.05) is 29.8 Å². The van der Waals surface area contributed by atoms with Crippen molar-refractivity contribution in [2.24, 2.45) is 5.10 Å². The first-order valence-electron chi connectivity index (χ1n) is 7.05. The number of anilines is 1. The molecule has 23 heavy (non-hydrogen) atoms. The lowest BCUT2D eigenvalue weighted by Gasteiger charge is -2.08. The molecule has 0 saturated heterocycles. The van der Waals surface area contributed by atoms with Crippen molar-refractivity contribution in [3.63, 3.8) is 0 Å². The number of ether oxygens (including phenoxy) is 1. The van der Waals surface area contributed by atoms with Crippen LogP contribution in [0.15, 0.2) is 47.6 Å². The lowest BCUT2D eigenvalue weighted by molar-refractivity contribution is -0.119. The molecule has 0 fully saturated rings. The van der Waals surface area contributed by atoms with Crippen LogP contribution in [0.5, 0.6) is 5.75 Å². The average Bonchev–Trinajstić information content (AvgIpc) is 2.54. The molecular formula is C17H18ClN3O2. The van der Waals surface area contributed by atoms with Crippen LogP contribution in [-0.2, 0) is 4.79 Å². The van der Waals surface area contributed by atoms with Gasteiger partial charge in [-0.25, -0.2) is 5.43 Å². The van der Waals surface area contributed by atoms with E-state index in [0.29, 0.717) is 16.3 Å². The molecule has 0 unspecified atom stereocenters. The van der Waals surface area contributed by atoms with Crippen LogP contribution in [0.25, 0.3) is 0 Å². The van der Waals surface area contributed by atoms with Gasteiger partial charge in [-0.05, 0) is 36.8 Å².